The molecule has 3 N–H and O–H groups in total. The summed E-state index contributed by atoms with van der Waals surface area (Å²) in [5, 5.41) is 3.34. The molecule has 0 aliphatic rings. The van der Waals surface area contributed by atoms with E-state index in [4.69, 9.17) is 22.1 Å². The van der Waals surface area contributed by atoms with Gasteiger partial charge < -0.3 is 15.8 Å². The van der Waals surface area contributed by atoms with Crippen LogP contribution in [0.2, 0.25) is 5.02 Å². The summed E-state index contributed by atoms with van der Waals surface area (Å²) < 4.78 is 5.09. The Morgan fingerprint density at radius 2 is 2.28 bits per heavy atom. The van der Waals surface area contributed by atoms with E-state index in [1.165, 1.54) is 7.11 Å². The second-order valence-electron chi connectivity index (χ2n) is 4.06. The lowest BCUT2D eigenvalue weighted by Crippen LogP contribution is -2.29. The highest BCUT2D eigenvalue weighted by Gasteiger charge is 2.16. The highest BCUT2D eigenvalue weighted by molar-refractivity contribution is 6.32. The summed E-state index contributed by atoms with van der Waals surface area (Å²) in [6.45, 7) is 2.38. The molecule has 1 amide bonds. The molecule has 0 radical (unpaired) electrons. The fourth-order valence-electron chi connectivity index (χ4n) is 1.69. The summed E-state index contributed by atoms with van der Waals surface area (Å²) in [4.78, 5) is 12.0. The van der Waals surface area contributed by atoms with Crippen molar-refractivity contribution in [1.82, 2.24) is 0 Å². The number of amides is 1. The number of anilines is 1. The number of rotatable bonds is 6. The zero-order valence-electron chi connectivity index (χ0n) is 10.7. The quantitative estimate of drug-likeness (QED) is 0.835. The van der Waals surface area contributed by atoms with E-state index < -0.39 is 0 Å². The van der Waals surface area contributed by atoms with Crippen molar-refractivity contribution in [3.8, 4) is 5.75 Å². The van der Waals surface area contributed by atoms with E-state index in [1.54, 1.807) is 18.2 Å². The third kappa shape index (κ3) is 3.89. The SMILES string of the molecule is CCCC(CN)C(=O)Nc1ccc(Cl)c(OC)c1. The molecule has 1 unspecified atom stereocenters. The average Bonchev–Trinajstić information content (AvgIpc) is 2.38. The number of carbonyl (C=O) groups excluding carboxylic acids is 1. The Morgan fingerprint density at radius 3 is 2.83 bits per heavy atom. The van der Waals surface area contributed by atoms with Crippen LogP contribution in [0.15, 0.2) is 18.2 Å². The van der Waals surface area contributed by atoms with Crippen LogP contribution in [-0.2, 0) is 4.79 Å². The van der Waals surface area contributed by atoms with Gasteiger partial charge in [-0.2, -0.15) is 0 Å². The number of nitrogens with two attached hydrogens (primary N) is 1. The summed E-state index contributed by atoms with van der Waals surface area (Å²) >= 11 is 5.91. The van der Waals surface area contributed by atoms with Gasteiger partial charge in [-0.15, -0.1) is 0 Å². The van der Waals surface area contributed by atoms with E-state index in [0.717, 1.165) is 12.8 Å². The number of halogens is 1. The van der Waals surface area contributed by atoms with E-state index in [9.17, 15) is 4.79 Å². The van der Waals surface area contributed by atoms with Crippen LogP contribution in [0.5, 0.6) is 5.75 Å². The zero-order valence-corrected chi connectivity index (χ0v) is 11.5. The van der Waals surface area contributed by atoms with Crippen molar-refractivity contribution in [1.29, 1.82) is 0 Å². The van der Waals surface area contributed by atoms with E-state index in [-0.39, 0.29) is 11.8 Å². The monoisotopic (exact) mass is 270 g/mol. The minimum atomic E-state index is -0.156. The molecule has 0 aliphatic carbocycles. The van der Waals surface area contributed by atoms with Gasteiger partial charge >= 0.3 is 0 Å². The van der Waals surface area contributed by atoms with E-state index in [0.29, 0.717) is 23.0 Å². The van der Waals surface area contributed by atoms with Crippen molar-refractivity contribution in [3.63, 3.8) is 0 Å². The Morgan fingerprint density at radius 1 is 1.56 bits per heavy atom. The highest BCUT2D eigenvalue weighted by atomic mass is 35.5. The van der Waals surface area contributed by atoms with E-state index in [2.05, 4.69) is 5.32 Å². The maximum Gasteiger partial charge on any atom is 0.228 e. The van der Waals surface area contributed by atoms with E-state index >= 15 is 0 Å². The molecule has 18 heavy (non-hydrogen) atoms. The minimum absolute atomic E-state index is 0.0660. The Balaban J connectivity index is 2.74. The van der Waals surface area contributed by atoms with Crippen molar-refractivity contribution < 1.29 is 9.53 Å². The molecular weight excluding hydrogens is 252 g/mol. The van der Waals surface area contributed by atoms with Gasteiger partial charge in [0.2, 0.25) is 5.91 Å². The first-order chi connectivity index (χ1) is 8.62. The number of methoxy groups -OCH3 is 1. The molecule has 1 rings (SSSR count). The first kappa shape index (κ1) is 14.8. The first-order valence-corrected chi connectivity index (χ1v) is 6.34. The van der Waals surface area contributed by atoms with Crippen LogP contribution >= 0.6 is 11.6 Å². The Hall–Kier alpha value is -1.26. The number of benzene rings is 1. The predicted molar refractivity (Wildman–Crippen MR) is 74.1 cm³/mol. The summed E-state index contributed by atoms with van der Waals surface area (Å²) in [5.41, 5.74) is 6.25. The lowest BCUT2D eigenvalue weighted by Gasteiger charge is -2.14. The third-order valence-corrected chi connectivity index (χ3v) is 3.02. The molecule has 0 saturated heterocycles. The van der Waals surface area contributed by atoms with Crippen LogP contribution < -0.4 is 15.8 Å². The van der Waals surface area contributed by atoms with Gasteiger partial charge in [0.15, 0.2) is 0 Å². The highest BCUT2D eigenvalue weighted by Crippen LogP contribution is 2.27. The second kappa shape index (κ2) is 7.24. The average molecular weight is 271 g/mol. The normalized spacial score (nSPS) is 12.0. The Bertz CT molecular complexity index is 410. The van der Waals surface area contributed by atoms with Crippen LogP contribution in [-0.4, -0.2) is 19.6 Å². The fraction of sp³-hybridized carbons (Fsp3) is 0.462. The van der Waals surface area contributed by atoms with Crippen molar-refractivity contribution in [2.75, 3.05) is 19.0 Å². The van der Waals surface area contributed by atoms with Gasteiger partial charge in [0.25, 0.3) is 0 Å². The van der Waals surface area contributed by atoms with Crippen molar-refractivity contribution in [2.24, 2.45) is 11.7 Å². The van der Waals surface area contributed by atoms with Crippen LogP contribution in [0.1, 0.15) is 19.8 Å². The lowest BCUT2D eigenvalue weighted by molar-refractivity contribution is -0.119. The molecule has 1 atom stereocenters. The summed E-state index contributed by atoms with van der Waals surface area (Å²) in [5.74, 6) is 0.314. The summed E-state index contributed by atoms with van der Waals surface area (Å²) in [7, 11) is 1.53. The van der Waals surface area contributed by atoms with Gasteiger partial charge in [0.05, 0.1) is 18.1 Å². The van der Waals surface area contributed by atoms with Crippen molar-refractivity contribution in [2.45, 2.75) is 19.8 Å². The Labute approximate surface area is 112 Å². The van der Waals surface area contributed by atoms with Crippen LogP contribution in [0.3, 0.4) is 0 Å². The largest absolute Gasteiger partial charge is 0.495 e. The van der Waals surface area contributed by atoms with Crippen LogP contribution in [0.4, 0.5) is 5.69 Å². The molecule has 0 spiro atoms. The molecule has 0 aromatic heterocycles. The molecule has 0 fully saturated rings. The van der Waals surface area contributed by atoms with Gasteiger partial charge in [-0.1, -0.05) is 24.9 Å². The molecule has 5 heteroatoms. The number of hydrogen-bond acceptors (Lipinski definition) is 3. The smallest absolute Gasteiger partial charge is 0.228 e. The molecular formula is C13H19ClN2O2. The van der Waals surface area contributed by atoms with Crippen molar-refractivity contribution >= 4 is 23.2 Å². The van der Waals surface area contributed by atoms with Gasteiger partial charge in [0.1, 0.15) is 5.75 Å². The Kier molecular flexibility index (Phi) is 5.95. The van der Waals surface area contributed by atoms with Crippen LogP contribution in [0, 0.1) is 5.92 Å². The maximum absolute atomic E-state index is 12.0. The van der Waals surface area contributed by atoms with Gasteiger partial charge in [-0.3, -0.25) is 4.79 Å². The number of hydrogen-bond donors (Lipinski definition) is 2. The molecule has 1 aromatic rings. The molecule has 1 aromatic carbocycles. The fourth-order valence-corrected chi connectivity index (χ4v) is 1.88. The lowest BCUT2D eigenvalue weighted by atomic mass is 10.0. The van der Waals surface area contributed by atoms with Gasteiger partial charge in [0, 0.05) is 18.3 Å². The number of nitrogens with one attached hydrogen (secondary N) is 1. The second-order valence-corrected chi connectivity index (χ2v) is 4.47. The number of ether oxygens (including phenoxy) is 1. The standard InChI is InChI=1S/C13H19ClN2O2/c1-3-4-9(8-15)13(17)16-10-5-6-11(14)12(7-10)18-2/h5-7,9H,3-4,8,15H2,1-2H3,(H,16,17). The minimum Gasteiger partial charge on any atom is -0.495 e. The molecule has 4 nitrogen and oxygen atoms in total. The molecule has 0 bridgehead atoms. The summed E-state index contributed by atoms with van der Waals surface area (Å²) in [6.07, 6.45) is 1.71. The third-order valence-electron chi connectivity index (χ3n) is 2.71. The predicted octanol–water partition coefficient (Wildman–Crippen LogP) is 2.66. The number of carbonyl (C=O) groups is 1. The molecule has 0 aliphatic heterocycles. The maximum atomic E-state index is 12.0. The van der Waals surface area contributed by atoms with E-state index in [1.807, 2.05) is 6.92 Å². The molecule has 100 valence electrons. The van der Waals surface area contributed by atoms with Gasteiger partial charge in [-0.05, 0) is 18.6 Å². The van der Waals surface area contributed by atoms with Gasteiger partial charge in [-0.25, -0.2) is 0 Å². The van der Waals surface area contributed by atoms with Crippen molar-refractivity contribution in [3.05, 3.63) is 23.2 Å². The molecule has 0 heterocycles. The molecule has 0 saturated carbocycles. The topological polar surface area (TPSA) is 64.4 Å². The summed E-state index contributed by atoms with van der Waals surface area (Å²) in [6, 6.07) is 5.12. The van der Waals surface area contributed by atoms with Crippen LogP contribution in [0.25, 0.3) is 0 Å². The zero-order chi connectivity index (χ0) is 13.5. The first-order valence-electron chi connectivity index (χ1n) is 5.96.